The Hall–Kier alpha value is -2.80. The Bertz CT molecular complexity index is 600. The lowest BCUT2D eigenvalue weighted by Crippen LogP contribution is -2.12. The molecule has 0 saturated carbocycles. The van der Waals surface area contributed by atoms with Crippen LogP contribution < -0.4 is 4.74 Å². The summed E-state index contributed by atoms with van der Waals surface area (Å²) in [6.07, 6.45) is 0. The maximum atomic E-state index is 11.7. The molecule has 2 aromatic rings. The summed E-state index contributed by atoms with van der Waals surface area (Å²) in [6, 6.07) is 17.6. The molecule has 0 heterocycles. The zero-order chi connectivity index (χ0) is 14.2. The van der Waals surface area contributed by atoms with Gasteiger partial charge in [0.1, 0.15) is 19.0 Å². The highest BCUT2D eigenvalue weighted by molar-refractivity contribution is 5.89. The van der Waals surface area contributed by atoms with Crippen molar-refractivity contribution < 1.29 is 14.3 Å². The predicted octanol–water partition coefficient (Wildman–Crippen LogP) is 2.79. The van der Waals surface area contributed by atoms with E-state index in [1.165, 1.54) is 0 Å². The van der Waals surface area contributed by atoms with Crippen LogP contribution in [0.25, 0.3) is 0 Å². The molecule has 0 N–H and O–H groups in total. The highest BCUT2D eigenvalue weighted by Crippen LogP contribution is 2.08. The highest BCUT2D eigenvalue weighted by Gasteiger charge is 2.06. The predicted molar refractivity (Wildman–Crippen MR) is 73.4 cm³/mol. The van der Waals surface area contributed by atoms with Crippen molar-refractivity contribution in [1.82, 2.24) is 0 Å². The van der Waals surface area contributed by atoms with Crippen LogP contribution >= 0.6 is 0 Å². The molecular weight excluding hydrogens is 254 g/mol. The van der Waals surface area contributed by atoms with Crippen molar-refractivity contribution in [3.05, 3.63) is 65.7 Å². The summed E-state index contributed by atoms with van der Waals surface area (Å²) in [7, 11) is 0. The van der Waals surface area contributed by atoms with E-state index in [0.29, 0.717) is 17.7 Å². The lowest BCUT2D eigenvalue weighted by atomic mass is 10.1. The third-order valence-electron chi connectivity index (χ3n) is 2.58. The molecule has 0 saturated heterocycles. The van der Waals surface area contributed by atoms with Crippen LogP contribution in [0.5, 0.6) is 5.75 Å². The fraction of sp³-hybridized carbons (Fsp3) is 0.125. The molecule has 20 heavy (non-hydrogen) atoms. The van der Waals surface area contributed by atoms with Gasteiger partial charge < -0.3 is 9.47 Å². The molecule has 0 unspecified atom stereocenters. The molecule has 0 spiro atoms. The fourth-order valence-electron chi connectivity index (χ4n) is 1.57. The van der Waals surface area contributed by atoms with E-state index >= 15 is 0 Å². The number of para-hydroxylation sites is 1. The van der Waals surface area contributed by atoms with Gasteiger partial charge in [0, 0.05) is 0 Å². The first kappa shape index (κ1) is 13.6. The van der Waals surface area contributed by atoms with Crippen molar-refractivity contribution in [3.63, 3.8) is 0 Å². The summed E-state index contributed by atoms with van der Waals surface area (Å²) in [5, 5.41) is 8.67. The lowest BCUT2D eigenvalue weighted by molar-refractivity contribution is 0.0450. The lowest BCUT2D eigenvalue weighted by Gasteiger charge is -2.07. The quantitative estimate of drug-likeness (QED) is 0.617. The molecule has 0 aliphatic carbocycles. The van der Waals surface area contributed by atoms with E-state index in [1.54, 1.807) is 24.3 Å². The van der Waals surface area contributed by atoms with Crippen LogP contribution in [0.1, 0.15) is 15.9 Å². The molecule has 0 radical (unpaired) electrons. The Balaban J connectivity index is 1.76. The molecule has 4 nitrogen and oxygen atoms in total. The standard InChI is InChI=1S/C16H13NO3/c17-12-13-6-8-14(9-7-13)16(18)20-11-10-19-15-4-2-1-3-5-15/h1-9H,10-11H2. The van der Waals surface area contributed by atoms with Crippen LogP contribution in [0.15, 0.2) is 54.6 Å². The van der Waals surface area contributed by atoms with Crippen LogP contribution in [0.2, 0.25) is 0 Å². The Morgan fingerprint density at radius 2 is 1.70 bits per heavy atom. The van der Waals surface area contributed by atoms with Gasteiger partial charge in [-0.25, -0.2) is 4.79 Å². The van der Waals surface area contributed by atoms with Crippen molar-refractivity contribution in [2.45, 2.75) is 0 Å². The number of rotatable bonds is 5. The Kier molecular flexibility index (Phi) is 4.74. The van der Waals surface area contributed by atoms with E-state index in [2.05, 4.69) is 0 Å². The van der Waals surface area contributed by atoms with E-state index < -0.39 is 5.97 Å². The third kappa shape index (κ3) is 3.85. The van der Waals surface area contributed by atoms with Crippen LogP contribution in [-0.2, 0) is 4.74 Å². The maximum absolute atomic E-state index is 11.7. The van der Waals surface area contributed by atoms with Crippen LogP contribution in [-0.4, -0.2) is 19.2 Å². The van der Waals surface area contributed by atoms with E-state index in [0.717, 1.165) is 5.75 Å². The average molecular weight is 267 g/mol. The SMILES string of the molecule is N#Cc1ccc(C(=O)OCCOc2ccccc2)cc1. The minimum Gasteiger partial charge on any atom is -0.490 e. The van der Waals surface area contributed by atoms with Gasteiger partial charge in [-0.15, -0.1) is 0 Å². The number of ether oxygens (including phenoxy) is 2. The second kappa shape index (κ2) is 6.95. The van der Waals surface area contributed by atoms with Crippen LogP contribution in [0.3, 0.4) is 0 Å². The molecule has 0 fully saturated rings. The van der Waals surface area contributed by atoms with Gasteiger partial charge in [-0.05, 0) is 36.4 Å². The van der Waals surface area contributed by atoms with Gasteiger partial charge in [-0.1, -0.05) is 18.2 Å². The molecular formula is C16H13NO3. The Morgan fingerprint density at radius 1 is 1.00 bits per heavy atom. The van der Waals surface area contributed by atoms with Gasteiger partial charge in [0.25, 0.3) is 0 Å². The monoisotopic (exact) mass is 267 g/mol. The van der Waals surface area contributed by atoms with Gasteiger partial charge in [0.2, 0.25) is 0 Å². The second-order valence-electron chi connectivity index (χ2n) is 3.99. The smallest absolute Gasteiger partial charge is 0.338 e. The topological polar surface area (TPSA) is 59.3 Å². The minimum absolute atomic E-state index is 0.174. The number of nitriles is 1. The molecule has 2 rings (SSSR count). The maximum Gasteiger partial charge on any atom is 0.338 e. The number of benzene rings is 2. The van der Waals surface area contributed by atoms with Crippen LogP contribution in [0, 0.1) is 11.3 Å². The molecule has 0 aliphatic rings. The zero-order valence-electron chi connectivity index (χ0n) is 10.8. The summed E-state index contributed by atoms with van der Waals surface area (Å²) >= 11 is 0. The molecule has 2 aromatic carbocycles. The Labute approximate surface area is 117 Å². The third-order valence-corrected chi connectivity index (χ3v) is 2.58. The number of esters is 1. The average Bonchev–Trinajstić information content (AvgIpc) is 2.52. The molecule has 0 atom stereocenters. The van der Waals surface area contributed by atoms with Crippen molar-refractivity contribution >= 4 is 5.97 Å². The minimum atomic E-state index is -0.425. The molecule has 0 aromatic heterocycles. The van der Waals surface area contributed by atoms with Gasteiger partial charge in [-0.2, -0.15) is 5.26 Å². The van der Waals surface area contributed by atoms with Gasteiger partial charge in [-0.3, -0.25) is 0 Å². The zero-order valence-corrected chi connectivity index (χ0v) is 10.8. The first-order chi connectivity index (χ1) is 9.79. The van der Waals surface area contributed by atoms with Gasteiger partial charge >= 0.3 is 5.97 Å². The Morgan fingerprint density at radius 3 is 2.35 bits per heavy atom. The van der Waals surface area contributed by atoms with E-state index in [4.69, 9.17) is 14.7 Å². The molecule has 0 amide bonds. The van der Waals surface area contributed by atoms with Gasteiger partial charge in [0.15, 0.2) is 0 Å². The van der Waals surface area contributed by atoms with Gasteiger partial charge in [0.05, 0.1) is 17.2 Å². The number of carbonyl (C=O) groups excluding carboxylic acids is 1. The van der Waals surface area contributed by atoms with Crippen molar-refractivity contribution in [1.29, 1.82) is 5.26 Å². The summed E-state index contributed by atoms with van der Waals surface area (Å²) in [5.74, 6) is 0.313. The second-order valence-corrected chi connectivity index (χ2v) is 3.99. The molecule has 100 valence electrons. The highest BCUT2D eigenvalue weighted by atomic mass is 16.6. The summed E-state index contributed by atoms with van der Waals surface area (Å²) < 4.78 is 10.5. The first-order valence-corrected chi connectivity index (χ1v) is 6.15. The summed E-state index contributed by atoms with van der Waals surface area (Å²) in [4.78, 5) is 11.7. The van der Waals surface area contributed by atoms with Crippen molar-refractivity contribution in [2.75, 3.05) is 13.2 Å². The molecule has 0 aliphatic heterocycles. The van der Waals surface area contributed by atoms with E-state index in [9.17, 15) is 4.79 Å². The van der Waals surface area contributed by atoms with Crippen molar-refractivity contribution in [3.8, 4) is 11.8 Å². The summed E-state index contributed by atoms with van der Waals surface area (Å²) in [5.41, 5.74) is 0.928. The number of nitrogens with zero attached hydrogens (tertiary/aromatic N) is 1. The molecule has 0 bridgehead atoms. The number of hydrogen-bond acceptors (Lipinski definition) is 4. The van der Waals surface area contributed by atoms with Crippen molar-refractivity contribution in [2.24, 2.45) is 0 Å². The number of hydrogen-bond donors (Lipinski definition) is 0. The van der Waals surface area contributed by atoms with Crippen LogP contribution in [0.4, 0.5) is 0 Å². The largest absolute Gasteiger partial charge is 0.490 e. The van der Waals surface area contributed by atoms with E-state index in [1.807, 2.05) is 36.4 Å². The van der Waals surface area contributed by atoms with E-state index in [-0.39, 0.29) is 6.61 Å². The summed E-state index contributed by atoms with van der Waals surface area (Å²) in [6.45, 7) is 0.472. The number of carbonyl (C=O) groups is 1. The molecule has 4 heteroatoms. The first-order valence-electron chi connectivity index (χ1n) is 6.15. The normalized spacial score (nSPS) is 9.55. The fourth-order valence-corrected chi connectivity index (χ4v) is 1.57.